The predicted molar refractivity (Wildman–Crippen MR) is 75.4 cm³/mol. The van der Waals surface area contributed by atoms with Crippen LogP contribution in [0.1, 0.15) is 45.2 Å². The molecule has 0 aromatic heterocycles. The number of carbonyl (C=O) groups is 1. The van der Waals surface area contributed by atoms with Crippen molar-refractivity contribution in [3.05, 3.63) is 41.5 Å². The number of benzene rings is 1. The van der Waals surface area contributed by atoms with E-state index in [1.165, 1.54) is 11.6 Å². The van der Waals surface area contributed by atoms with Crippen molar-refractivity contribution >= 4 is 12.0 Å². The largest absolute Gasteiger partial charge is 0.463 e. The van der Waals surface area contributed by atoms with E-state index in [2.05, 4.69) is 32.9 Å². The Kier molecular flexibility index (Phi) is 5.14. The van der Waals surface area contributed by atoms with Gasteiger partial charge in [0.2, 0.25) is 0 Å². The lowest BCUT2D eigenvalue weighted by molar-refractivity contribution is -0.137. The van der Waals surface area contributed by atoms with Gasteiger partial charge in [0.25, 0.3) is 0 Å². The zero-order valence-electron chi connectivity index (χ0n) is 11.7. The average Bonchev–Trinajstić information content (AvgIpc) is 2.37. The van der Waals surface area contributed by atoms with Gasteiger partial charge in [0.1, 0.15) is 0 Å². The van der Waals surface area contributed by atoms with E-state index >= 15 is 0 Å². The van der Waals surface area contributed by atoms with Crippen molar-refractivity contribution in [2.24, 2.45) is 0 Å². The first-order valence-electron chi connectivity index (χ1n) is 6.45. The van der Waals surface area contributed by atoms with Crippen LogP contribution in [0.5, 0.6) is 0 Å². The molecule has 0 unspecified atom stereocenters. The first-order chi connectivity index (χ1) is 8.49. The highest BCUT2D eigenvalue weighted by molar-refractivity contribution is 5.87. The van der Waals surface area contributed by atoms with E-state index < -0.39 is 0 Å². The zero-order chi connectivity index (χ0) is 13.6. The molecular formula is C16H22O2. The van der Waals surface area contributed by atoms with E-state index in [0.29, 0.717) is 6.61 Å². The van der Waals surface area contributed by atoms with Gasteiger partial charge < -0.3 is 4.74 Å². The molecule has 0 aliphatic carbocycles. The fourth-order valence-electron chi connectivity index (χ4n) is 1.60. The van der Waals surface area contributed by atoms with E-state index in [9.17, 15) is 4.79 Å². The third-order valence-electron chi connectivity index (χ3n) is 3.27. The highest BCUT2D eigenvalue weighted by atomic mass is 16.5. The molecule has 1 rings (SSSR count). The van der Waals surface area contributed by atoms with Gasteiger partial charge in [0.15, 0.2) is 0 Å². The van der Waals surface area contributed by atoms with Crippen molar-refractivity contribution in [2.75, 3.05) is 6.61 Å². The lowest BCUT2D eigenvalue weighted by Gasteiger charge is -2.23. The number of hydrogen-bond acceptors (Lipinski definition) is 2. The molecule has 98 valence electrons. The summed E-state index contributed by atoms with van der Waals surface area (Å²) in [6.07, 6.45) is 4.34. The maximum absolute atomic E-state index is 11.2. The predicted octanol–water partition coefficient (Wildman–Crippen LogP) is 3.95. The molecule has 2 nitrogen and oxygen atoms in total. The summed E-state index contributed by atoms with van der Waals surface area (Å²) in [5.41, 5.74) is 2.53. The molecule has 0 N–H and O–H groups in total. The molecule has 0 atom stereocenters. The molecule has 0 bridgehead atoms. The van der Waals surface area contributed by atoms with Crippen LogP contribution in [0.15, 0.2) is 30.3 Å². The smallest absolute Gasteiger partial charge is 0.330 e. The standard InChI is InChI=1S/C16H22O2/c1-5-16(3,4)14-10-7-13(8-11-14)9-12-15(17)18-6-2/h7-12H,5-6H2,1-4H3. The van der Waals surface area contributed by atoms with Crippen LogP contribution >= 0.6 is 0 Å². The van der Waals surface area contributed by atoms with Crippen LogP contribution in [-0.4, -0.2) is 12.6 Å². The SMILES string of the molecule is CCOC(=O)C=Cc1ccc(C(C)(C)CC)cc1. The van der Waals surface area contributed by atoms with Crippen molar-refractivity contribution in [1.29, 1.82) is 0 Å². The van der Waals surface area contributed by atoms with E-state index in [4.69, 9.17) is 4.74 Å². The van der Waals surface area contributed by atoms with Crippen LogP contribution in [0.2, 0.25) is 0 Å². The van der Waals surface area contributed by atoms with Crippen LogP contribution in [0.25, 0.3) is 6.08 Å². The van der Waals surface area contributed by atoms with Crippen molar-refractivity contribution in [3.8, 4) is 0 Å². The Bertz CT molecular complexity index is 413. The maximum Gasteiger partial charge on any atom is 0.330 e. The van der Waals surface area contributed by atoms with Crippen molar-refractivity contribution in [2.45, 2.75) is 39.5 Å². The molecule has 0 aliphatic heterocycles. The quantitative estimate of drug-likeness (QED) is 0.581. The first-order valence-corrected chi connectivity index (χ1v) is 6.45. The molecule has 2 heteroatoms. The van der Waals surface area contributed by atoms with Crippen molar-refractivity contribution in [3.63, 3.8) is 0 Å². The average molecular weight is 246 g/mol. The molecule has 0 saturated carbocycles. The topological polar surface area (TPSA) is 26.3 Å². The monoisotopic (exact) mass is 246 g/mol. The van der Waals surface area contributed by atoms with Gasteiger partial charge >= 0.3 is 5.97 Å². The Morgan fingerprint density at radius 2 is 1.83 bits per heavy atom. The highest BCUT2D eigenvalue weighted by Crippen LogP contribution is 2.26. The summed E-state index contributed by atoms with van der Waals surface area (Å²) in [6.45, 7) is 8.86. The second-order valence-corrected chi connectivity index (χ2v) is 4.94. The third kappa shape index (κ3) is 4.02. The Morgan fingerprint density at radius 1 is 1.22 bits per heavy atom. The Labute approximate surface area is 110 Å². The Morgan fingerprint density at radius 3 is 2.33 bits per heavy atom. The van der Waals surface area contributed by atoms with Gasteiger partial charge in [-0.3, -0.25) is 0 Å². The molecule has 18 heavy (non-hydrogen) atoms. The molecule has 0 radical (unpaired) electrons. The molecule has 0 fully saturated rings. The third-order valence-corrected chi connectivity index (χ3v) is 3.27. The van der Waals surface area contributed by atoms with Gasteiger partial charge in [-0.05, 0) is 36.0 Å². The summed E-state index contributed by atoms with van der Waals surface area (Å²) in [5.74, 6) is -0.296. The Hall–Kier alpha value is -1.57. The second kappa shape index (κ2) is 6.39. The van der Waals surface area contributed by atoms with Crippen LogP contribution in [0.4, 0.5) is 0 Å². The summed E-state index contributed by atoms with van der Waals surface area (Å²) in [6, 6.07) is 8.30. The van der Waals surface area contributed by atoms with Gasteiger partial charge in [0.05, 0.1) is 6.61 Å². The molecule has 0 aliphatic rings. The second-order valence-electron chi connectivity index (χ2n) is 4.94. The fraction of sp³-hybridized carbons (Fsp3) is 0.438. The molecule has 0 saturated heterocycles. The first kappa shape index (κ1) is 14.5. The van der Waals surface area contributed by atoms with E-state index in [1.807, 2.05) is 12.1 Å². The van der Waals surface area contributed by atoms with Gasteiger partial charge in [-0.25, -0.2) is 4.79 Å². The van der Waals surface area contributed by atoms with Gasteiger partial charge in [-0.1, -0.05) is 45.0 Å². The minimum Gasteiger partial charge on any atom is -0.463 e. The number of ether oxygens (including phenoxy) is 1. The minimum absolute atomic E-state index is 0.198. The number of carbonyl (C=O) groups excluding carboxylic acids is 1. The maximum atomic E-state index is 11.2. The van der Waals surface area contributed by atoms with Crippen molar-refractivity contribution < 1.29 is 9.53 Å². The molecule has 0 amide bonds. The van der Waals surface area contributed by atoms with Gasteiger partial charge in [0, 0.05) is 6.08 Å². The molecule has 1 aromatic carbocycles. The van der Waals surface area contributed by atoms with Gasteiger partial charge in [-0.2, -0.15) is 0 Å². The minimum atomic E-state index is -0.296. The van der Waals surface area contributed by atoms with E-state index in [1.54, 1.807) is 13.0 Å². The lowest BCUT2D eigenvalue weighted by Crippen LogP contribution is -2.14. The number of hydrogen-bond donors (Lipinski definition) is 0. The van der Waals surface area contributed by atoms with Gasteiger partial charge in [-0.15, -0.1) is 0 Å². The summed E-state index contributed by atoms with van der Waals surface area (Å²) in [4.78, 5) is 11.2. The molecule has 0 heterocycles. The summed E-state index contributed by atoms with van der Waals surface area (Å²) in [5, 5.41) is 0. The molecular weight excluding hydrogens is 224 g/mol. The normalized spacial score (nSPS) is 11.8. The number of rotatable bonds is 5. The molecule has 1 aromatic rings. The van der Waals surface area contributed by atoms with Crippen molar-refractivity contribution in [1.82, 2.24) is 0 Å². The summed E-state index contributed by atoms with van der Waals surface area (Å²) in [7, 11) is 0. The highest BCUT2D eigenvalue weighted by Gasteiger charge is 2.17. The number of esters is 1. The molecule has 0 spiro atoms. The Balaban J connectivity index is 2.75. The van der Waals surface area contributed by atoms with Crippen LogP contribution in [0, 0.1) is 0 Å². The zero-order valence-corrected chi connectivity index (χ0v) is 11.7. The van der Waals surface area contributed by atoms with E-state index in [0.717, 1.165) is 12.0 Å². The summed E-state index contributed by atoms with van der Waals surface area (Å²) < 4.78 is 4.83. The van der Waals surface area contributed by atoms with E-state index in [-0.39, 0.29) is 11.4 Å². The van der Waals surface area contributed by atoms with Crippen LogP contribution in [0.3, 0.4) is 0 Å². The fourth-order valence-corrected chi connectivity index (χ4v) is 1.60. The van der Waals surface area contributed by atoms with Crippen LogP contribution < -0.4 is 0 Å². The summed E-state index contributed by atoms with van der Waals surface area (Å²) >= 11 is 0. The lowest BCUT2D eigenvalue weighted by atomic mass is 9.82. The van der Waals surface area contributed by atoms with Crippen LogP contribution in [-0.2, 0) is 14.9 Å².